The molecular weight excluding hydrogens is 170 g/mol. The molecule has 0 bridgehead atoms. The van der Waals surface area contributed by atoms with Crippen LogP contribution in [-0.2, 0) is 17.8 Å². The second-order valence-corrected chi connectivity index (χ2v) is 3.78. The fourth-order valence-electron chi connectivity index (χ4n) is 0.430. The van der Waals surface area contributed by atoms with Crippen molar-refractivity contribution in [2.45, 2.75) is 0 Å². The van der Waals surface area contributed by atoms with Crippen LogP contribution in [0.3, 0.4) is 0 Å². The molecule has 0 N–H and O–H groups in total. The van der Waals surface area contributed by atoms with Crippen LogP contribution in [0, 0.1) is 0 Å². The Hall–Kier alpha value is -0.793. The number of azide groups is 1. The Morgan fingerprint density at radius 3 is 1.91 bits per heavy atom. The summed E-state index contributed by atoms with van der Waals surface area (Å²) < 4.78 is 18.7. The normalized spacial score (nSPS) is 10.5. The maximum absolute atomic E-state index is 7.91. The highest BCUT2D eigenvalue weighted by Crippen LogP contribution is 2.07. The van der Waals surface area contributed by atoms with Gasteiger partial charge in [0.1, 0.15) is 5.28 Å². The van der Waals surface area contributed by atoms with E-state index in [2.05, 4.69) is 14.7 Å². The zero-order valence-corrected chi connectivity index (χ0v) is 7.47. The van der Waals surface area contributed by atoms with Gasteiger partial charge in [-0.2, -0.15) is 0 Å². The summed E-state index contributed by atoms with van der Waals surface area (Å²) in [6.07, 6.45) is 0. The first-order chi connectivity index (χ1) is 5.24. The molecular formula is C3H9N3O4Si. The monoisotopic (exact) mass is 179 g/mol. The van der Waals surface area contributed by atoms with Gasteiger partial charge in [-0.3, -0.25) is 0 Å². The van der Waals surface area contributed by atoms with E-state index in [4.69, 9.17) is 18.8 Å². The van der Waals surface area contributed by atoms with Crippen molar-refractivity contribution in [3.63, 3.8) is 0 Å². The molecule has 0 aromatic heterocycles. The molecule has 0 aliphatic carbocycles. The molecule has 8 heteroatoms. The van der Waals surface area contributed by atoms with Crippen molar-refractivity contribution in [3.8, 4) is 0 Å². The highest BCUT2D eigenvalue weighted by Gasteiger charge is 2.44. The molecule has 0 fully saturated rings. The summed E-state index contributed by atoms with van der Waals surface area (Å²) in [4.78, 5) is 2.36. The molecule has 0 saturated heterocycles. The van der Waals surface area contributed by atoms with E-state index in [-0.39, 0.29) is 0 Å². The van der Waals surface area contributed by atoms with Crippen LogP contribution < -0.4 is 0 Å². The predicted molar refractivity (Wildman–Crippen MR) is 37.0 cm³/mol. The third-order valence-electron chi connectivity index (χ3n) is 0.939. The van der Waals surface area contributed by atoms with Crippen molar-refractivity contribution in [2.75, 3.05) is 21.3 Å². The van der Waals surface area contributed by atoms with Crippen molar-refractivity contribution < 1.29 is 17.8 Å². The Labute approximate surface area is 64.9 Å². The molecule has 0 unspecified atom stereocenters. The molecule has 0 atom stereocenters. The first-order valence-electron chi connectivity index (χ1n) is 2.62. The van der Waals surface area contributed by atoms with Crippen LogP contribution in [-0.4, -0.2) is 30.4 Å². The molecule has 0 heterocycles. The maximum atomic E-state index is 7.91. The van der Waals surface area contributed by atoms with Crippen LogP contribution in [0.25, 0.3) is 10.4 Å². The standard InChI is InChI=1S/C3H9N3O4Si/c1-7-11(8-2,9-3)10-6-5-4/h1-3H3. The van der Waals surface area contributed by atoms with Gasteiger partial charge in [0.05, 0.1) is 0 Å². The Balaban J connectivity index is 4.15. The summed E-state index contributed by atoms with van der Waals surface area (Å²) in [5, 5.41) is 2.82. The number of nitrogens with zero attached hydrogens (tertiary/aromatic N) is 3. The van der Waals surface area contributed by atoms with E-state index in [1.165, 1.54) is 21.3 Å². The Morgan fingerprint density at radius 2 is 1.64 bits per heavy atom. The summed E-state index contributed by atoms with van der Waals surface area (Å²) in [5.74, 6) is 0. The quantitative estimate of drug-likeness (QED) is 0.203. The third-order valence-corrected chi connectivity index (χ3v) is 2.74. The molecule has 0 aromatic carbocycles. The van der Waals surface area contributed by atoms with Gasteiger partial charge in [-0.25, -0.2) is 0 Å². The van der Waals surface area contributed by atoms with Crippen LogP contribution in [0.5, 0.6) is 0 Å². The average molecular weight is 179 g/mol. The molecule has 0 radical (unpaired) electrons. The van der Waals surface area contributed by atoms with Gasteiger partial charge in [-0.1, -0.05) is 0 Å². The summed E-state index contributed by atoms with van der Waals surface area (Å²) in [6, 6.07) is 0. The van der Waals surface area contributed by atoms with E-state index >= 15 is 0 Å². The van der Waals surface area contributed by atoms with Crippen molar-refractivity contribution in [1.29, 1.82) is 0 Å². The van der Waals surface area contributed by atoms with E-state index in [9.17, 15) is 0 Å². The number of rotatable bonds is 5. The van der Waals surface area contributed by atoms with Gasteiger partial charge in [0.2, 0.25) is 0 Å². The maximum Gasteiger partial charge on any atom is 0.755 e. The summed E-state index contributed by atoms with van der Waals surface area (Å²) in [5.41, 5.74) is 7.91. The molecule has 7 nitrogen and oxygen atoms in total. The Bertz CT molecular complexity index is 146. The summed E-state index contributed by atoms with van der Waals surface area (Å²) in [7, 11) is 0.859. The smallest absolute Gasteiger partial charge is 0.417 e. The number of hydrogen-bond donors (Lipinski definition) is 0. The van der Waals surface area contributed by atoms with Gasteiger partial charge in [0, 0.05) is 26.2 Å². The first kappa shape index (κ1) is 10.2. The second kappa shape index (κ2) is 4.94. The first-order valence-corrected chi connectivity index (χ1v) is 4.26. The molecule has 0 spiro atoms. The van der Waals surface area contributed by atoms with Crippen LogP contribution in [0.4, 0.5) is 0 Å². The van der Waals surface area contributed by atoms with Crippen molar-refractivity contribution in [3.05, 3.63) is 10.4 Å². The fourth-order valence-corrected chi connectivity index (χ4v) is 1.29. The van der Waals surface area contributed by atoms with Gasteiger partial charge in [-0.05, 0) is 5.53 Å². The zero-order chi connectivity index (χ0) is 8.74. The lowest BCUT2D eigenvalue weighted by atomic mass is 11.8. The highest BCUT2D eigenvalue weighted by molar-refractivity contribution is 6.53. The van der Waals surface area contributed by atoms with Gasteiger partial charge >= 0.3 is 9.05 Å². The van der Waals surface area contributed by atoms with Gasteiger partial charge in [-0.15, -0.1) is 0 Å². The number of hydrogen-bond acceptors (Lipinski definition) is 5. The van der Waals surface area contributed by atoms with E-state index in [1.54, 1.807) is 0 Å². The molecule has 11 heavy (non-hydrogen) atoms. The van der Waals surface area contributed by atoms with Crippen LogP contribution in [0.1, 0.15) is 0 Å². The van der Waals surface area contributed by atoms with Crippen molar-refractivity contribution in [1.82, 2.24) is 0 Å². The van der Waals surface area contributed by atoms with Gasteiger partial charge < -0.3 is 17.8 Å². The average Bonchev–Trinajstić information content (AvgIpc) is 2.08. The SMILES string of the molecule is CO[Si](OC)(OC)ON=[N+]=[N-]. The van der Waals surface area contributed by atoms with E-state index in [1.807, 2.05) is 0 Å². The van der Waals surface area contributed by atoms with Gasteiger partial charge in [0.25, 0.3) is 0 Å². The minimum absolute atomic E-state index is 1.34. The molecule has 64 valence electrons. The molecule has 0 aromatic rings. The summed E-state index contributed by atoms with van der Waals surface area (Å²) >= 11 is 0. The lowest BCUT2D eigenvalue weighted by Crippen LogP contribution is -2.44. The largest absolute Gasteiger partial charge is 0.755 e. The predicted octanol–water partition coefficient (Wildman–Crippen LogP) is 0.603. The Morgan fingerprint density at radius 1 is 1.18 bits per heavy atom. The molecule has 0 amide bonds. The van der Waals surface area contributed by atoms with Crippen LogP contribution >= 0.6 is 0 Å². The molecule has 0 aliphatic heterocycles. The van der Waals surface area contributed by atoms with Crippen molar-refractivity contribution in [2.24, 2.45) is 5.28 Å². The fraction of sp³-hybridized carbons (Fsp3) is 1.00. The van der Waals surface area contributed by atoms with Gasteiger partial charge in [0.15, 0.2) is 0 Å². The highest BCUT2D eigenvalue weighted by atomic mass is 28.4. The van der Waals surface area contributed by atoms with Crippen LogP contribution in [0.2, 0.25) is 0 Å². The van der Waals surface area contributed by atoms with Crippen LogP contribution in [0.15, 0.2) is 5.28 Å². The lowest BCUT2D eigenvalue weighted by molar-refractivity contribution is 0.00586. The van der Waals surface area contributed by atoms with E-state index in [0.29, 0.717) is 0 Å². The molecule has 0 aliphatic rings. The summed E-state index contributed by atoms with van der Waals surface area (Å²) in [6.45, 7) is 0. The van der Waals surface area contributed by atoms with Crippen molar-refractivity contribution >= 4 is 9.05 Å². The Kier molecular flexibility index (Phi) is 4.58. The third kappa shape index (κ3) is 2.74. The minimum Gasteiger partial charge on any atom is -0.417 e. The minimum atomic E-state index is -3.16. The lowest BCUT2D eigenvalue weighted by Gasteiger charge is -2.18. The molecule has 0 rings (SSSR count). The van der Waals surface area contributed by atoms with E-state index in [0.717, 1.165) is 0 Å². The topological polar surface area (TPSA) is 85.7 Å². The molecule has 0 saturated carbocycles. The zero-order valence-electron chi connectivity index (χ0n) is 6.47. The second-order valence-electron chi connectivity index (χ2n) is 1.37. The van der Waals surface area contributed by atoms with E-state index < -0.39 is 9.05 Å².